The molecule has 3 N–H and O–H groups in total. The first-order valence-corrected chi connectivity index (χ1v) is 6.89. The van der Waals surface area contributed by atoms with Gasteiger partial charge < -0.3 is 15.7 Å². The summed E-state index contributed by atoms with van der Waals surface area (Å²) in [5, 5.41) is 14.5. The number of urea groups is 1. The maximum absolute atomic E-state index is 11.9. The van der Waals surface area contributed by atoms with Crippen molar-refractivity contribution in [2.24, 2.45) is 10.8 Å². The molecule has 0 heterocycles. The summed E-state index contributed by atoms with van der Waals surface area (Å²) in [7, 11) is 0. The number of carbonyl (C=O) groups is 2. The molecule has 5 nitrogen and oxygen atoms in total. The van der Waals surface area contributed by atoms with E-state index in [1.54, 1.807) is 0 Å². The Labute approximate surface area is 115 Å². The molecule has 0 spiro atoms. The van der Waals surface area contributed by atoms with Gasteiger partial charge in [0.15, 0.2) is 0 Å². The minimum absolute atomic E-state index is 0.0613. The van der Waals surface area contributed by atoms with Crippen LogP contribution in [0.2, 0.25) is 0 Å². The van der Waals surface area contributed by atoms with Crippen LogP contribution < -0.4 is 10.6 Å². The number of carboxylic acids is 1. The first-order chi connectivity index (χ1) is 8.62. The number of amides is 2. The van der Waals surface area contributed by atoms with Crippen LogP contribution in [-0.4, -0.2) is 29.7 Å². The standard InChI is InChI=1S/C14H26N2O3/c1-13(2,3)10(8-11(17)18)16-12(19)15-9-14(4)6-5-7-14/h10H,5-9H2,1-4H3,(H,17,18)(H2,15,16,19). The molecule has 0 saturated heterocycles. The first-order valence-electron chi connectivity index (χ1n) is 6.89. The van der Waals surface area contributed by atoms with Crippen molar-refractivity contribution in [3.63, 3.8) is 0 Å². The zero-order chi connectivity index (χ0) is 14.7. The minimum Gasteiger partial charge on any atom is -0.481 e. The summed E-state index contributed by atoms with van der Waals surface area (Å²) in [5.74, 6) is -0.897. The van der Waals surface area contributed by atoms with Crippen LogP contribution in [0.5, 0.6) is 0 Å². The fourth-order valence-electron chi connectivity index (χ4n) is 2.21. The van der Waals surface area contributed by atoms with Crippen LogP contribution in [0.25, 0.3) is 0 Å². The van der Waals surface area contributed by atoms with Crippen LogP contribution in [0, 0.1) is 10.8 Å². The Balaban J connectivity index is 2.44. The van der Waals surface area contributed by atoms with E-state index in [0.717, 1.165) is 12.8 Å². The highest BCUT2D eigenvalue weighted by molar-refractivity contribution is 5.76. The maximum atomic E-state index is 11.9. The van der Waals surface area contributed by atoms with Crippen molar-refractivity contribution in [2.75, 3.05) is 6.54 Å². The normalized spacial score (nSPS) is 19.2. The Morgan fingerprint density at radius 1 is 1.32 bits per heavy atom. The molecule has 2 amide bonds. The third-order valence-corrected chi connectivity index (χ3v) is 3.97. The van der Waals surface area contributed by atoms with E-state index in [-0.39, 0.29) is 29.3 Å². The van der Waals surface area contributed by atoms with E-state index in [1.807, 2.05) is 20.8 Å². The summed E-state index contributed by atoms with van der Waals surface area (Å²) < 4.78 is 0. The number of rotatable bonds is 5. The number of carbonyl (C=O) groups excluding carboxylic acids is 1. The predicted molar refractivity (Wildman–Crippen MR) is 74.0 cm³/mol. The van der Waals surface area contributed by atoms with Gasteiger partial charge in [0.05, 0.1) is 6.42 Å². The van der Waals surface area contributed by atoms with Crippen molar-refractivity contribution in [1.82, 2.24) is 10.6 Å². The second-order valence-electron chi connectivity index (χ2n) is 7.01. The molecule has 1 atom stereocenters. The van der Waals surface area contributed by atoms with Gasteiger partial charge in [0.1, 0.15) is 0 Å². The molecular weight excluding hydrogens is 244 g/mol. The van der Waals surface area contributed by atoms with Gasteiger partial charge in [-0.05, 0) is 23.7 Å². The molecule has 1 unspecified atom stereocenters. The SMILES string of the molecule is CC1(CNC(=O)NC(CC(=O)O)C(C)(C)C)CCC1. The van der Waals surface area contributed by atoms with Gasteiger partial charge >= 0.3 is 12.0 Å². The van der Waals surface area contributed by atoms with Crippen LogP contribution in [0.1, 0.15) is 53.4 Å². The average molecular weight is 270 g/mol. The van der Waals surface area contributed by atoms with Gasteiger partial charge in [0.25, 0.3) is 0 Å². The van der Waals surface area contributed by atoms with Crippen molar-refractivity contribution >= 4 is 12.0 Å². The molecule has 0 aliphatic heterocycles. The molecule has 19 heavy (non-hydrogen) atoms. The number of nitrogens with one attached hydrogen (secondary N) is 2. The molecule has 110 valence electrons. The summed E-state index contributed by atoms with van der Waals surface area (Å²) in [6, 6.07) is -0.645. The molecule has 5 heteroatoms. The molecular formula is C14H26N2O3. The van der Waals surface area contributed by atoms with Gasteiger partial charge in [-0.1, -0.05) is 34.1 Å². The van der Waals surface area contributed by atoms with Crippen molar-refractivity contribution in [3.05, 3.63) is 0 Å². The van der Waals surface area contributed by atoms with Crippen LogP contribution in [-0.2, 0) is 4.79 Å². The van der Waals surface area contributed by atoms with Gasteiger partial charge in [-0.2, -0.15) is 0 Å². The molecule has 1 aliphatic rings. The quantitative estimate of drug-likeness (QED) is 0.717. The van der Waals surface area contributed by atoms with Gasteiger partial charge in [0.2, 0.25) is 0 Å². The van der Waals surface area contributed by atoms with Crippen LogP contribution in [0.15, 0.2) is 0 Å². The second-order valence-corrected chi connectivity index (χ2v) is 7.01. The number of aliphatic carboxylic acids is 1. The number of hydrogen-bond acceptors (Lipinski definition) is 2. The lowest BCUT2D eigenvalue weighted by Gasteiger charge is -2.38. The highest BCUT2D eigenvalue weighted by Crippen LogP contribution is 2.39. The zero-order valence-electron chi connectivity index (χ0n) is 12.4. The Kier molecular flexibility index (Phi) is 4.82. The Bertz CT molecular complexity index is 343. The number of hydrogen-bond donors (Lipinski definition) is 3. The summed E-state index contributed by atoms with van der Waals surface area (Å²) >= 11 is 0. The summed E-state index contributed by atoms with van der Waals surface area (Å²) in [6.07, 6.45) is 3.45. The van der Waals surface area contributed by atoms with E-state index in [4.69, 9.17) is 5.11 Å². The molecule has 0 aromatic heterocycles. The highest BCUT2D eigenvalue weighted by Gasteiger charge is 2.33. The van der Waals surface area contributed by atoms with E-state index in [9.17, 15) is 9.59 Å². The fraction of sp³-hybridized carbons (Fsp3) is 0.857. The van der Waals surface area contributed by atoms with Crippen molar-refractivity contribution in [2.45, 2.75) is 59.4 Å². The van der Waals surface area contributed by atoms with Gasteiger partial charge in [0, 0.05) is 12.6 Å². The van der Waals surface area contributed by atoms with E-state index in [2.05, 4.69) is 17.6 Å². The van der Waals surface area contributed by atoms with Crippen molar-refractivity contribution in [3.8, 4) is 0 Å². The molecule has 0 radical (unpaired) electrons. The van der Waals surface area contributed by atoms with E-state index < -0.39 is 5.97 Å². The zero-order valence-corrected chi connectivity index (χ0v) is 12.4. The van der Waals surface area contributed by atoms with Crippen molar-refractivity contribution in [1.29, 1.82) is 0 Å². The molecule has 1 fully saturated rings. The highest BCUT2D eigenvalue weighted by atomic mass is 16.4. The fourth-order valence-corrected chi connectivity index (χ4v) is 2.21. The lowest BCUT2D eigenvalue weighted by molar-refractivity contribution is -0.138. The largest absolute Gasteiger partial charge is 0.481 e. The molecule has 0 aromatic rings. The predicted octanol–water partition coefficient (Wildman–Crippen LogP) is 2.37. The molecule has 1 saturated carbocycles. The Morgan fingerprint density at radius 3 is 2.26 bits per heavy atom. The lowest BCUT2D eigenvalue weighted by Crippen LogP contribution is -2.51. The molecule has 0 bridgehead atoms. The Hall–Kier alpha value is -1.26. The smallest absolute Gasteiger partial charge is 0.315 e. The van der Waals surface area contributed by atoms with Crippen LogP contribution in [0.3, 0.4) is 0 Å². The minimum atomic E-state index is -0.897. The third-order valence-electron chi connectivity index (χ3n) is 3.97. The first kappa shape index (κ1) is 15.8. The topological polar surface area (TPSA) is 78.4 Å². The Morgan fingerprint density at radius 2 is 1.89 bits per heavy atom. The maximum Gasteiger partial charge on any atom is 0.315 e. The van der Waals surface area contributed by atoms with Crippen LogP contribution >= 0.6 is 0 Å². The second kappa shape index (κ2) is 5.80. The number of carboxylic acid groups (broad SMARTS) is 1. The van der Waals surface area contributed by atoms with Gasteiger partial charge in [-0.15, -0.1) is 0 Å². The molecule has 0 aromatic carbocycles. The van der Waals surface area contributed by atoms with Gasteiger partial charge in [-0.25, -0.2) is 4.79 Å². The van der Waals surface area contributed by atoms with Crippen molar-refractivity contribution < 1.29 is 14.7 Å². The summed E-state index contributed by atoms with van der Waals surface area (Å²) in [5.41, 5.74) is -0.0581. The summed E-state index contributed by atoms with van der Waals surface area (Å²) in [4.78, 5) is 22.7. The third kappa shape index (κ3) is 5.09. The molecule has 1 aliphatic carbocycles. The van der Waals surface area contributed by atoms with E-state index in [0.29, 0.717) is 6.54 Å². The van der Waals surface area contributed by atoms with E-state index >= 15 is 0 Å². The average Bonchev–Trinajstić information content (AvgIpc) is 2.21. The molecule has 1 rings (SSSR count). The monoisotopic (exact) mass is 270 g/mol. The van der Waals surface area contributed by atoms with Gasteiger partial charge in [-0.3, -0.25) is 4.79 Å². The summed E-state index contributed by atoms with van der Waals surface area (Å²) in [6.45, 7) is 8.59. The van der Waals surface area contributed by atoms with Crippen LogP contribution in [0.4, 0.5) is 4.79 Å². The van der Waals surface area contributed by atoms with E-state index in [1.165, 1.54) is 6.42 Å². The lowest BCUT2D eigenvalue weighted by atomic mass is 9.70.